The van der Waals surface area contributed by atoms with Crippen LogP contribution in [0.5, 0.6) is 0 Å². The maximum absolute atomic E-state index is 6.15. The number of benzene rings is 1. The molecule has 0 amide bonds. The van der Waals surface area contributed by atoms with Crippen LogP contribution < -0.4 is 5.32 Å². The Balaban J connectivity index is 2.36. The van der Waals surface area contributed by atoms with Gasteiger partial charge in [-0.1, -0.05) is 49.2 Å². The van der Waals surface area contributed by atoms with Crippen molar-refractivity contribution in [2.45, 2.75) is 19.9 Å². The Bertz CT molecular complexity index is 478. The Morgan fingerprint density at radius 1 is 1.24 bits per heavy atom. The summed E-state index contributed by atoms with van der Waals surface area (Å²) in [6.07, 6.45) is 1.79. The van der Waals surface area contributed by atoms with Crippen molar-refractivity contribution in [3.8, 4) is 0 Å². The zero-order chi connectivity index (χ0) is 12.4. The molecule has 1 heterocycles. The SMILES string of the molecule is CC(C)C1N=C(c2ccccc2Cl)NC=C1Cl. The predicted molar refractivity (Wildman–Crippen MR) is 73.7 cm³/mol. The largest absolute Gasteiger partial charge is 0.345 e. The molecule has 1 aromatic carbocycles. The van der Waals surface area contributed by atoms with Crippen molar-refractivity contribution in [2.75, 3.05) is 0 Å². The molecule has 1 unspecified atom stereocenters. The van der Waals surface area contributed by atoms with E-state index < -0.39 is 0 Å². The molecule has 0 aromatic heterocycles. The van der Waals surface area contributed by atoms with E-state index in [4.69, 9.17) is 23.2 Å². The van der Waals surface area contributed by atoms with E-state index in [0.29, 0.717) is 10.9 Å². The van der Waals surface area contributed by atoms with E-state index in [2.05, 4.69) is 24.2 Å². The summed E-state index contributed by atoms with van der Waals surface area (Å²) in [6.45, 7) is 4.19. The predicted octanol–water partition coefficient (Wildman–Crippen LogP) is 3.79. The summed E-state index contributed by atoms with van der Waals surface area (Å²) in [5.41, 5.74) is 0.903. The Hall–Kier alpha value is -0.990. The van der Waals surface area contributed by atoms with Gasteiger partial charge in [-0.05, 0) is 18.1 Å². The smallest absolute Gasteiger partial charge is 0.134 e. The van der Waals surface area contributed by atoms with E-state index >= 15 is 0 Å². The van der Waals surface area contributed by atoms with Gasteiger partial charge in [-0.15, -0.1) is 0 Å². The van der Waals surface area contributed by atoms with Crippen LogP contribution in [0.4, 0.5) is 0 Å². The average molecular weight is 269 g/mol. The first-order valence-electron chi connectivity index (χ1n) is 5.54. The van der Waals surface area contributed by atoms with E-state index in [-0.39, 0.29) is 6.04 Å². The number of hydrogen-bond acceptors (Lipinski definition) is 2. The van der Waals surface area contributed by atoms with Crippen LogP contribution in [-0.4, -0.2) is 11.9 Å². The lowest BCUT2D eigenvalue weighted by Gasteiger charge is -2.23. The van der Waals surface area contributed by atoms with E-state index in [1.54, 1.807) is 6.20 Å². The molecule has 0 bridgehead atoms. The Labute approximate surface area is 111 Å². The van der Waals surface area contributed by atoms with Crippen molar-refractivity contribution in [3.05, 3.63) is 46.1 Å². The minimum atomic E-state index is 0.00388. The summed E-state index contributed by atoms with van der Waals surface area (Å²) in [7, 11) is 0. The van der Waals surface area contributed by atoms with Crippen LogP contribution in [0.25, 0.3) is 0 Å². The highest BCUT2D eigenvalue weighted by atomic mass is 35.5. The van der Waals surface area contributed by atoms with E-state index in [9.17, 15) is 0 Å². The molecule has 0 fully saturated rings. The fourth-order valence-electron chi connectivity index (χ4n) is 1.73. The van der Waals surface area contributed by atoms with Gasteiger partial charge in [0.25, 0.3) is 0 Å². The molecule has 1 aromatic rings. The van der Waals surface area contributed by atoms with Gasteiger partial charge in [0, 0.05) is 11.8 Å². The van der Waals surface area contributed by atoms with Crippen LogP contribution in [0, 0.1) is 5.92 Å². The second-order valence-corrected chi connectivity index (χ2v) is 5.16. The van der Waals surface area contributed by atoms with Gasteiger partial charge in [0.2, 0.25) is 0 Å². The Kier molecular flexibility index (Phi) is 3.75. The fourth-order valence-corrected chi connectivity index (χ4v) is 2.31. The minimum Gasteiger partial charge on any atom is -0.345 e. The molecular weight excluding hydrogens is 255 g/mol. The second kappa shape index (κ2) is 5.11. The average Bonchev–Trinajstić information content (AvgIpc) is 2.30. The van der Waals surface area contributed by atoms with Gasteiger partial charge in [0.1, 0.15) is 5.84 Å². The van der Waals surface area contributed by atoms with E-state index in [1.807, 2.05) is 24.3 Å². The summed E-state index contributed by atoms with van der Waals surface area (Å²) < 4.78 is 0. The highest BCUT2D eigenvalue weighted by molar-refractivity contribution is 6.34. The molecule has 17 heavy (non-hydrogen) atoms. The zero-order valence-corrected chi connectivity index (χ0v) is 11.3. The second-order valence-electron chi connectivity index (χ2n) is 4.32. The van der Waals surface area contributed by atoms with Crippen molar-refractivity contribution in [1.82, 2.24) is 5.32 Å². The molecule has 1 atom stereocenters. The molecule has 90 valence electrons. The quantitative estimate of drug-likeness (QED) is 0.867. The third kappa shape index (κ3) is 2.64. The lowest BCUT2D eigenvalue weighted by molar-refractivity contribution is 0.558. The van der Waals surface area contributed by atoms with E-state index in [1.165, 1.54) is 0 Å². The van der Waals surface area contributed by atoms with Gasteiger partial charge in [0.05, 0.1) is 16.1 Å². The van der Waals surface area contributed by atoms with Gasteiger partial charge < -0.3 is 5.32 Å². The molecule has 1 aliphatic heterocycles. The summed E-state index contributed by atoms with van der Waals surface area (Å²) in [6, 6.07) is 7.64. The van der Waals surface area contributed by atoms with Crippen LogP contribution in [0.2, 0.25) is 5.02 Å². The highest BCUT2D eigenvalue weighted by Crippen LogP contribution is 2.24. The van der Waals surface area contributed by atoms with Crippen molar-refractivity contribution < 1.29 is 0 Å². The number of hydrogen-bond donors (Lipinski definition) is 1. The number of nitrogens with zero attached hydrogens (tertiary/aromatic N) is 1. The third-order valence-corrected chi connectivity index (χ3v) is 3.32. The molecule has 0 saturated heterocycles. The molecular formula is C13H14Cl2N2. The van der Waals surface area contributed by atoms with Gasteiger partial charge in [0.15, 0.2) is 0 Å². The maximum atomic E-state index is 6.15. The first-order chi connectivity index (χ1) is 8.09. The third-order valence-electron chi connectivity index (χ3n) is 2.66. The monoisotopic (exact) mass is 268 g/mol. The van der Waals surface area contributed by atoms with Gasteiger partial charge >= 0.3 is 0 Å². The number of halogens is 2. The van der Waals surface area contributed by atoms with Gasteiger partial charge in [-0.2, -0.15) is 0 Å². The minimum absolute atomic E-state index is 0.00388. The molecule has 2 nitrogen and oxygen atoms in total. The van der Waals surface area contributed by atoms with Gasteiger partial charge in [-0.3, -0.25) is 4.99 Å². The lowest BCUT2D eigenvalue weighted by Crippen LogP contribution is -2.30. The van der Waals surface area contributed by atoms with E-state index in [0.717, 1.165) is 16.4 Å². The number of aliphatic imine (C=N–C) groups is 1. The molecule has 1 aliphatic rings. The number of amidine groups is 1. The number of rotatable bonds is 2. The van der Waals surface area contributed by atoms with Crippen LogP contribution in [-0.2, 0) is 0 Å². The van der Waals surface area contributed by atoms with Crippen LogP contribution >= 0.6 is 23.2 Å². The Morgan fingerprint density at radius 2 is 1.94 bits per heavy atom. The van der Waals surface area contributed by atoms with Crippen molar-refractivity contribution in [2.24, 2.45) is 10.9 Å². The fraction of sp³-hybridized carbons (Fsp3) is 0.308. The van der Waals surface area contributed by atoms with Crippen molar-refractivity contribution in [1.29, 1.82) is 0 Å². The first-order valence-corrected chi connectivity index (χ1v) is 6.30. The lowest BCUT2D eigenvalue weighted by atomic mass is 10.0. The topological polar surface area (TPSA) is 24.4 Å². The normalized spacial score (nSPS) is 19.7. The molecule has 2 rings (SSSR count). The number of nitrogens with one attached hydrogen (secondary N) is 1. The standard InChI is InChI=1S/C13H14Cl2N2/c1-8(2)12-11(15)7-16-13(17-12)9-5-3-4-6-10(9)14/h3-8,12H,1-2H3,(H,16,17). The molecule has 0 spiro atoms. The van der Waals surface area contributed by atoms with Crippen molar-refractivity contribution >= 4 is 29.0 Å². The highest BCUT2D eigenvalue weighted by Gasteiger charge is 2.21. The van der Waals surface area contributed by atoms with Crippen LogP contribution in [0.1, 0.15) is 19.4 Å². The summed E-state index contributed by atoms with van der Waals surface area (Å²) >= 11 is 12.3. The molecule has 4 heteroatoms. The summed E-state index contributed by atoms with van der Waals surface area (Å²) in [4.78, 5) is 4.61. The molecule has 0 aliphatic carbocycles. The maximum Gasteiger partial charge on any atom is 0.134 e. The van der Waals surface area contributed by atoms with Crippen LogP contribution in [0.15, 0.2) is 40.5 Å². The zero-order valence-electron chi connectivity index (χ0n) is 9.74. The molecule has 0 saturated carbocycles. The van der Waals surface area contributed by atoms with Gasteiger partial charge in [-0.25, -0.2) is 0 Å². The summed E-state index contributed by atoms with van der Waals surface area (Å²) in [5, 5.41) is 4.50. The van der Waals surface area contributed by atoms with Crippen LogP contribution in [0.3, 0.4) is 0 Å². The van der Waals surface area contributed by atoms with Crippen molar-refractivity contribution in [3.63, 3.8) is 0 Å². The Morgan fingerprint density at radius 3 is 2.59 bits per heavy atom. The first kappa shape index (κ1) is 12.5. The molecule has 1 N–H and O–H groups in total. The molecule has 0 radical (unpaired) electrons. The summed E-state index contributed by atoms with van der Waals surface area (Å²) in [5.74, 6) is 1.14.